The Morgan fingerprint density at radius 1 is 1.04 bits per heavy atom. The lowest BCUT2D eigenvalue weighted by atomic mass is 10.1. The zero-order valence-electron chi connectivity index (χ0n) is 15.4. The predicted molar refractivity (Wildman–Crippen MR) is 104 cm³/mol. The SMILES string of the molecule is Cc1ccc(NC(=O)COC(=O)Cn2[nH]c(=O)c3ccccc3c2=O)cc1C. The molecular weight excluding hydrogens is 362 g/mol. The van der Waals surface area contributed by atoms with Crippen LogP contribution in [0.25, 0.3) is 10.8 Å². The number of rotatable bonds is 5. The van der Waals surface area contributed by atoms with Crippen molar-refractivity contribution in [2.45, 2.75) is 20.4 Å². The van der Waals surface area contributed by atoms with Gasteiger partial charge in [0.05, 0.1) is 10.8 Å². The predicted octanol–water partition coefficient (Wildman–Crippen LogP) is 1.49. The molecule has 0 unspecified atom stereocenters. The van der Waals surface area contributed by atoms with E-state index in [1.54, 1.807) is 18.2 Å². The number of ether oxygens (including phenoxy) is 1. The van der Waals surface area contributed by atoms with Crippen LogP contribution in [-0.4, -0.2) is 28.3 Å². The van der Waals surface area contributed by atoms with Crippen molar-refractivity contribution >= 4 is 28.3 Å². The summed E-state index contributed by atoms with van der Waals surface area (Å²) in [5.41, 5.74) is 1.70. The zero-order chi connectivity index (χ0) is 20.3. The average molecular weight is 381 g/mol. The second-order valence-electron chi connectivity index (χ2n) is 6.39. The van der Waals surface area contributed by atoms with Gasteiger partial charge in [-0.3, -0.25) is 24.3 Å². The maximum atomic E-state index is 12.4. The van der Waals surface area contributed by atoms with Crippen molar-refractivity contribution in [2.24, 2.45) is 0 Å². The molecular formula is C20H19N3O5. The van der Waals surface area contributed by atoms with Crippen LogP contribution < -0.4 is 16.4 Å². The summed E-state index contributed by atoms with van der Waals surface area (Å²) in [6, 6.07) is 11.7. The molecule has 0 radical (unpaired) electrons. The molecule has 3 rings (SSSR count). The number of nitrogens with one attached hydrogen (secondary N) is 2. The van der Waals surface area contributed by atoms with Crippen molar-refractivity contribution in [3.8, 4) is 0 Å². The first-order chi connectivity index (χ1) is 13.3. The van der Waals surface area contributed by atoms with Crippen LogP contribution in [0.15, 0.2) is 52.1 Å². The van der Waals surface area contributed by atoms with Gasteiger partial charge in [0, 0.05) is 5.69 Å². The van der Waals surface area contributed by atoms with Gasteiger partial charge in [0.25, 0.3) is 17.0 Å². The van der Waals surface area contributed by atoms with Gasteiger partial charge in [0.15, 0.2) is 6.61 Å². The Bertz CT molecular complexity index is 1180. The molecule has 1 aromatic heterocycles. The van der Waals surface area contributed by atoms with Crippen LogP contribution >= 0.6 is 0 Å². The molecule has 144 valence electrons. The lowest BCUT2D eigenvalue weighted by molar-refractivity contribution is -0.148. The molecule has 0 saturated heterocycles. The van der Waals surface area contributed by atoms with Gasteiger partial charge in [-0.05, 0) is 49.2 Å². The molecule has 0 spiro atoms. The molecule has 0 aliphatic carbocycles. The Balaban J connectivity index is 1.63. The van der Waals surface area contributed by atoms with Crippen LogP contribution in [0.3, 0.4) is 0 Å². The number of anilines is 1. The first-order valence-electron chi connectivity index (χ1n) is 8.60. The zero-order valence-corrected chi connectivity index (χ0v) is 15.4. The van der Waals surface area contributed by atoms with E-state index in [9.17, 15) is 19.2 Å². The molecule has 28 heavy (non-hydrogen) atoms. The van der Waals surface area contributed by atoms with Crippen molar-refractivity contribution in [3.05, 3.63) is 74.3 Å². The molecule has 0 aliphatic heterocycles. The molecule has 3 aromatic rings. The highest BCUT2D eigenvalue weighted by atomic mass is 16.5. The number of esters is 1. The van der Waals surface area contributed by atoms with Crippen LogP contribution in [0.1, 0.15) is 11.1 Å². The first kappa shape index (κ1) is 19.1. The quantitative estimate of drug-likeness (QED) is 0.651. The van der Waals surface area contributed by atoms with Gasteiger partial charge in [0.2, 0.25) is 0 Å². The Hall–Kier alpha value is -3.68. The molecule has 8 heteroatoms. The van der Waals surface area contributed by atoms with Gasteiger partial charge in [-0.2, -0.15) is 0 Å². The molecule has 8 nitrogen and oxygen atoms in total. The Kier molecular flexibility index (Phi) is 5.39. The summed E-state index contributed by atoms with van der Waals surface area (Å²) in [7, 11) is 0. The number of aryl methyl sites for hydroxylation is 2. The lowest BCUT2D eigenvalue weighted by Crippen LogP contribution is -2.33. The second kappa shape index (κ2) is 7.91. The molecule has 0 fully saturated rings. The number of benzene rings is 2. The van der Waals surface area contributed by atoms with E-state index in [1.807, 2.05) is 26.0 Å². The smallest absolute Gasteiger partial charge is 0.328 e. The van der Waals surface area contributed by atoms with E-state index in [0.717, 1.165) is 15.8 Å². The fourth-order valence-electron chi connectivity index (χ4n) is 2.69. The van der Waals surface area contributed by atoms with Crippen LogP contribution in [0.5, 0.6) is 0 Å². The standard InChI is InChI=1S/C20H19N3O5/c1-12-7-8-14(9-13(12)2)21-17(24)11-28-18(25)10-23-20(27)16-6-4-3-5-15(16)19(26)22-23/h3-9H,10-11H2,1-2H3,(H,21,24)(H,22,26). The van der Waals surface area contributed by atoms with E-state index in [1.165, 1.54) is 12.1 Å². The molecule has 0 atom stereocenters. The highest BCUT2D eigenvalue weighted by molar-refractivity contribution is 5.92. The maximum Gasteiger partial charge on any atom is 0.328 e. The summed E-state index contributed by atoms with van der Waals surface area (Å²) in [4.78, 5) is 48.3. The molecule has 2 aromatic carbocycles. The minimum Gasteiger partial charge on any atom is -0.454 e. The fraction of sp³-hybridized carbons (Fsp3) is 0.200. The highest BCUT2D eigenvalue weighted by Crippen LogP contribution is 2.13. The number of fused-ring (bicyclic) bond motifs is 1. The van der Waals surface area contributed by atoms with E-state index in [-0.39, 0.29) is 10.8 Å². The monoisotopic (exact) mass is 381 g/mol. The third-order valence-corrected chi connectivity index (χ3v) is 4.33. The van der Waals surface area contributed by atoms with Crippen LogP contribution in [0.4, 0.5) is 5.69 Å². The van der Waals surface area contributed by atoms with Crippen LogP contribution in [0, 0.1) is 13.8 Å². The van der Waals surface area contributed by atoms with E-state index in [0.29, 0.717) is 5.69 Å². The van der Waals surface area contributed by atoms with Crippen molar-refractivity contribution in [3.63, 3.8) is 0 Å². The summed E-state index contributed by atoms with van der Waals surface area (Å²) in [5.74, 6) is -1.32. The second-order valence-corrected chi connectivity index (χ2v) is 6.39. The number of hydrogen-bond donors (Lipinski definition) is 2. The number of carbonyl (C=O) groups excluding carboxylic acids is 2. The minimum absolute atomic E-state index is 0.200. The van der Waals surface area contributed by atoms with Crippen molar-refractivity contribution in [1.29, 1.82) is 0 Å². The van der Waals surface area contributed by atoms with Gasteiger partial charge < -0.3 is 10.1 Å². The number of carbonyl (C=O) groups is 2. The van der Waals surface area contributed by atoms with Crippen LogP contribution in [0.2, 0.25) is 0 Å². The van der Waals surface area contributed by atoms with Crippen molar-refractivity contribution in [2.75, 3.05) is 11.9 Å². The minimum atomic E-state index is -0.816. The third-order valence-electron chi connectivity index (χ3n) is 4.33. The van der Waals surface area contributed by atoms with E-state index in [2.05, 4.69) is 10.4 Å². The van der Waals surface area contributed by atoms with Crippen LogP contribution in [-0.2, 0) is 20.9 Å². The number of amides is 1. The molecule has 0 aliphatic rings. The van der Waals surface area contributed by atoms with E-state index in [4.69, 9.17) is 4.74 Å². The highest BCUT2D eigenvalue weighted by Gasteiger charge is 2.13. The average Bonchev–Trinajstić information content (AvgIpc) is 2.67. The summed E-state index contributed by atoms with van der Waals surface area (Å²) < 4.78 is 5.78. The number of aromatic amines is 1. The summed E-state index contributed by atoms with van der Waals surface area (Å²) in [6.07, 6.45) is 0. The van der Waals surface area contributed by atoms with Gasteiger partial charge in [0.1, 0.15) is 6.54 Å². The first-order valence-corrected chi connectivity index (χ1v) is 8.60. The summed E-state index contributed by atoms with van der Waals surface area (Å²) >= 11 is 0. The Morgan fingerprint density at radius 2 is 1.75 bits per heavy atom. The van der Waals surface area contributed by atoms with Gasteiger partial charge in [-0.15, -0.1) is 0 Å². The summed E-state index contributed by atoms with van der Waals surface area (Å²) in [6.45, 7) is 2.88. The number of aromatic nitrogens is 2. The topological polar surface area (TPSA) is 110 Å². The number of H-pyrrole nitrogens is 1. The van der Waals surface area contributed by atoms with E-state index < -0.39 is 36.1 Å². The molecule has 1 amide bonds. The molecule has 0 bridgehead atoms. The number of hydrogen-bond acceptors (Lipinski definition) is 5. The normalized spacial score (nSPS) is 10.6. The van der Waals surface area contributed by atoms with Crippen molar-refractivity contribution in [1.82, 2.24) is 9.78 Å². The molecule has 1 heterocycles. The third kappa shape index (κ3) is 4.17. The van der Waals surface area contributed by atoms with Gasteiger partial charge in [-0.25, -0.2) is 4.68 Å². The van der Waals surface area contributed by atoms with Gasteiger partial charge in [-0.1, -0.05) is 18.2 Å². The maximum absolute atomic E-state index is 12.4. The Labute approximate surface area is 159 Å². The number of nitrogens with zero attached hydrogens (tertiary/aromatic N) is 1. The van der Waals surface area contributed by atoms with Gasteiger partial charge >= 0.3 is 5.97 Å². The lowest BCUT2D eigenvalue weighted by Gasteiger charge is -2.09. The molecule has 0 saturated carbocycles. The fourth-order valence-corrected chi connectivity index (χ4v) is 2.69. The van der Waals surface area contributed by atoms with Crippen molar-refractivity contribution < 1.29 is 14.3 Å². The summed E-state index contributed by atoms with van der Waals surface area (Å²) in [5, 5.41) is 5.41. The Morgan fingerprint density at radius 3 is 2.46 bits per heavy atom. The largest absolute Gasteiger partial charge is 0.454 e. The van der Waals surface area contributed by atoms with E-state index >= 15 is 0 Å². The molecule has 2 N–H and O–H groups in total.